The Kier molecular flexibility index (Phi) is 10.1. The van der Waals surface area contributed by atoms with Crippen LogP contribution >= 0.6 is 0 Å². The molecule has 0 unspecified atom stereocenters. The van der Waals surface area contributed by atoms with E-state index in [1.165, 1.54) is 48.5 Å². The van der Waals surface area contributed by atoms with E-state index in [9.17, 15) is 27.6 Å². The lowest BCUT2D eigenvalue weighted by Gasteiger charge is -2.30. The normalized spacial score (nSPS) is 14.0. The highest BCUT2D eigenvalue weighted by Gasteiger charge is 2.25. The van der Waals surface area contributed by atoms with Crippen molar-refractivity contribution >= 4 is 34.5 Å². The number of nitrogens with zero attached hydrogens (tertiary/aromatic N) is 3. The number of pyridine rings is 1. The second-order valence-corrected chi connectivity index (χ2v) is 9.83. The number of fused-ring (bicyclic) bond motifs is 1. The number of carbonyl (C=O) groups excluding carboxylic acids is 3. The third kappa shape index (κ3) is 8.16. The summed E-state index contributed by atoms with van der Waals surface area (Å²) in [6, 6.07) is 8.84. The maximum atomic E-state index is 14.1. The molecule has 0 spiro atoms. The van der Waals surface area contributed by atoms with Gasteiger partial charge in [-0.25, -0.2) is 22.9 Å². The lowest BCUT2D eigenvalue weighted by molar-refractivity contribution is -0.135. The third-order valence-electron chi connectivity index (χ3n) is 7.06. The van der Waals surface area contributed by atoms with Crippen LogP contribution in [0.15, 0.2) is 48.7 Å². The fraction of sp³-hybridized carbons (Fsp3) is 0.379. The zero-order chi connectivity index (χ0) is 29.4. The molecule has 218 valence electrons. The van der Waals surface area contributed by atoms with Gasteiger partial charge in [-0.2, -0.15) is 0 Å². The number of carbonyl (C=O) groups is 3. The molecule has 1 aliphatic heterocycles. The summed E-state index contributed by atoms with van der Waals surface area (Å²) in [5.74, 6) is -2.71. The molecule has 1 atom stereocenters. The van der Waals surface area contributed by atoms with Gasteiger partial charge >= 0.3 is 6.09 Å². The van der Waals surface area contributed by atoms with E-state index in [1.807, 2.05) is 0 Å². The van der Waals surface area contributed by atoms with Crippen molar-refractivity contribution in [2.24, 2.45) is 0 Å². The van der Waals surface area contributed by atoms with Gasteiger partial charge in [-0.15, -0.1) is 0 Å². The standard InChI is InChI=1S/C29H32F3N5O4/c1-36(26(38)9-6-19-3-2-4-24(31)28(19)32)23(8-10-27(39)37-13-11-33-12-14-37)18-41-29(40)35-25-16-21-15-22(30)7-5-20(21)17-34-25/h2-5,7,15-17,23,33H,6,8-14,18H2,1H3,(H,34,35,40)/t23-/m0/s1. The van der Waals surface area contributed by atoms with Crippen LogP contribution in [0.2, 0.25) is 0 Å². The topological polar surface area (TPSA) is 104 Å². The summed E-state index contributed by atoms with van der Waals surface area (Å²) < 4.78 is 46.6. The van der Waals surface area contributed by atoms with Crippen LogP contribution in [-0.2, 0) is 20.7 Å². The number of aryl methyl sites for hydroxylation is 1. The van der Waals surface area contributed by atoms with Crippen LogP contribution in [-0.4, -0.2) is 78.6 Å². The number of aromatic nitrogens is 1. The predicted octanol–water partition coefficient (Wildman–Crippen LogP) is 3.87. The van der Waals surface area contributed by atoms with Crippen molar-refractivity contribution in [2.75, 3.05) is 45.2 Å². The van der Waals surface area contributed by atoms with E-state index in [1.54, 1.807) is 11.0 Å². The molecular formula is C29H32F3N5O4. The lowest BCUT2D eigenvalue weighted by atomic mass is 10.1. The third-order valence-corrected chi connectivity index (χ3v) is 7.06. The number of amides is 3. The average molecular weight is 572 g/mol. The van der Waals surface area contributed by atoms with E-state index >= 15 is 0 Å². The first kappa shape index (κ1) is 29.8. The largest absolute Gasteiger partial charge is 0.447 e. The molecule has 0 bridgehead atoms. The second-order valence-electron chi connectivity index (χ2n) is 9.83. The maximum Gasteiger partial charge on any atom is 0.412 e. The highest BCUT2D eigenvalue weighted by atomic mass is 19.2. The molecule has 2 aromatic carbocycles. The first-order chi connectivity index (χ1) is 19.7. The smallest absolute Gasteiger partial charge is 0.412 e. The van der Waals surface area contributed by atoms with Crippen LogP contribution in [0, 0.1) is 17.5 Å². The van der Waals surface area contributed by atoms with Crippen LogP contribution in [0.25, 0.3) is 10.8 Å². The Labute approximate surface area is 235 Å². The van der Waals surface area contributed by atoms with Gasteiger partial charge in [-0.3, -0.25) is 14.9 Å². The number of anilines is 1. The Morgan fingerprint density at radius 1 is 1.07 bits per heavy atom. The van der Waals surface area contributed by atoms with Crippen molar-refractivity contribution in [3.05, 3.63) is 71.7 Å². The van der Waals surface area contributed by atoms with Gasteiger partial charge in [0.2, 0.25) is 11.8 Å². The fourth-order valence-corrected chi connectivity index (χ4v) is 4.61. The lowest BCUT2D eigenvalue weighted by Crippen LogP contribution is -2.47. The Balaban J connectivity index is 1.38. The summed E-state index contributed by atoms with van der Waals surface area (Å²) in [5.41, 5.74) is 0.0792. The highest BCUT2D eigenvalue weighted by Crippen LogP contribution is 2.19. The van der Waals surface area contributed by atoms with Gasteiger partial charge in [0, 0.05) is 57.7 Å². The van der Waals surface area contributed by atoms with Gasteiger partial charge in [-0.1, -0.05) is 12.1 Å². The minimum Gasteiger partial charge on any atom is -0.447 e. The van der Waals surface area contributed by atoms with Gasteiger partial charge in [-0.05, 0) is 54.1 Å². The summed E-state index contributed by atoms with van der Waals surface area (Å²) in [4.78, 5) is 45.6. The summed E-state index contributed by atoms with van der Waals surface area (Å²) in [7, 11) is 1.52. The summed E-state index contributed by atoms with van der Waals surface area (Å²) >= 11 is 0. The number of ether oxygens (including phenoxy) is 1. The van der Waals surface area contributed by atoms with Gasteiger partial charge in [0.25, 0.3) is 0 Å². The van der Waals surface area contributed by atoms with Crippen molar-refractivity contribution in [2.45, 2.75) is 31.7 Å². The van der Waals surface area contributed by atoms with Crippen molar-refractivity contribution in [3.63, 3.8) is 0 Å². The van der Waals surface area contributed by atoms with Crippen LogP contribution < -0.4 is 10.6 Å². The Morgan fingerprint density at radius 3 is 2.63 bits per heavy atom. The van der Waals surface area contributed by atoms with Crippen molar-refractivity contribution in [3.8, 4) is 0 Å². The summed E-state index contributed by atoms with van der Waals surface area (Å²) in [6.07, 6.45) is 0.874. The second kappa shape index (κ2) is 13.9. The minimum atomic E-state index is -0.994. The molecule has 1 fully saturated rings. The van der Waals surface area contributed by atoms with Gasteiger partial charge in [0.15, 0.2) is 11.6 Å². The van der Waals surface area contributed by atoms with Crippen LogP contribution in [0.4, 0.5) is 23.8 Å². The van der Waals surface area contributed by atoms with Crippen LogP contribution in [0.3, 0.4) is 0 Å². The monoisotopic (exact) mass is 571 g/mol. The van der Waals surface area contributed by atoms with Crippen molar-refractivity contribution < 1.29 is 32.3 Å². The number of likely N-dealkylation sites (N-methyl/N-ethyl adjacent to an activating group) is 1. The van der Waals surface area contributed by atoms with Crippen LogP contribution in [0.1, 0.15) is 24.8 Å². The van der Waals surface area contributed by atoms with E-state index in [2.05, 4.69) is 15.6 Å². The molecule has 2 N–H and O–H groups in total. The molecule has 0 saturated carbocycles. The SMILES string of the molecule is CN(C(=O)CCc1cccc(F)c1F)[C@@H](CCC(=O)N1CCNCC1)COC(=O)Nc1cc2cc(F)ccc2cn1. The molecule has 1 aromatic heterocycles. The molecule has 9 nitrogen and oxygen atoms in total. The maximum absolute atomic E-state index is 14.1. The van der Waals surface area contributed by atoms with Gasteiger partial charge in [0.1, 0.15) is 18.2 Å². The summed E-state index contributed by atoms with van der Waals surface area (Å²) in [6.45, 7) is 2.34. The first-order valence-electron chi connectivity index (χ1n) is 13.4. The zero-order valence-corrected chi connectivity index (χ0v) is 22.7. The molecule has 4 rings (SSSR count). The number of piperazine rings is 1. The highest BCUT2D eigenvalue weighted by molar-refractivity contribution is 5.89. The fourth-order valence-electron chi connectivity index (χ4n) is 4.61. The van der Waals surface area contributed by atoms with E-state index in [0.29, 0.717) is 37.0 Å². The number of benzene rings is 2. The Bertz CT molecular complexity index is 1400. The van der Waals surface area contributed by atoms with Gasteiger partial charge < -0.3 is 19.9 Å². The Morgan fingerprint density at radius 2 is 1.85 bits per heavy atom. The predicted molar refractivity (Wildman–Crippen MR) is 147 cm³/mol. The number of halogens is 3. The Hall–Kier alpha value is -4.19. The molecule has 1 aliphatic rings. The zero-order valence-electron chi connectivity index (χ0n) is 22.7. The van der Waals surface area contributed by atoms with Crippen molar-refractivity contribution in [1.29, 1.82) is 0 Å². The van der Waals surface area contributed by atoms with E-state index in [4.69, 9.17) is 4.74 Å². The molecular weight excluding hydrogens is 539 g/mol. The molecule has 0 radical (unpaired) electrons. The van der Waals surface area contributed by atoms with E-state index in [-0.39, 0.29) is 55.5 Å². The quantitative estimate of drug-likeness (QED) is 0.383. The molecule has 41 heavy (non-hydrogen) atoms. The van der Waals surface area contributed by atoms with Gasteiger partial charge in [0.05, 0.1) is 6.04 Å². The molecule has 1 saturated heterocycles. The van der Waals surface area contributed by atoms with E-state index < -0.39 is 29.6 Å². The first-order valence-corrected chi connectivity index (χ1v) is 13.4. The molecule has 3 amide bonds. The number of rotatable bonds is 10. The van der Waals surface area contributed by atoms with Crippen LogP contribution in [0.5, 0.6) is 0 Å². The molecule has 0 aliphatic carbocycles. The number of hydrogen-bond donors (Lipinski definition) is 2. The molecule has 2 heterocycles. The minimum absolute atomic E-state index is 0.0191. The van der Waals surface area contributed by atoms with Crippen molar-refractivity contribution in [1.82, 2.24) is 20.1 Å². The average Bonchev–Trinajstić information content (AvgIpc) is 2.97. The number of nitrogens with one attached hydrogen (secondary N) is 2. The number of hydrogen-bond acceptors (Lipinski definition) is 6. The van der Waals surface area contributed by atoms with E-state index in [0.717, 1.165) is 6.07 Å². The molecule has 3 aromatic rings. The summed E-state index contributed by atoms with van der Waals surface area (Å²) in [5, 5.41) is 6.91. The molecule has 12 heteroatoms.